The van der Waals surface area contributed by atoms with Gasteiger partial charge in [0.2, 0.25) is 15.7 Å². The SMILES string of the molecule is COCCNS(=O)(=O)c1cc(S(=O)(=O)[O-])c2ccc3c(c2c1)C(C)(C)C(/C=C/C=C1/N(CCOC)c2ccc4c(S(=O)(=O)[O-])cc(S(=O)(=O)[O-])cc4c2C1(C)CCCS(=O)(=O)[O-])=[N+]3CCCCCC(=O)O. The lowest BCUT2D eigenvalue weighted by Gasteiger charge is -2.31. The van der Waals surface area contributed by atoms with Gasteiger partial charge in [-0.15, -0.1) is 0 Å². The van der Waals surface area contributed by atoms with Crippen molar-refractivity contribution >= 4 is 95.1 Å². The molecular formula is C45H52N3O18S5-3. The Labute approximate surface area is 412 Å². The molecule has 2 N–H and O–H groups in total. The van der Waals surface area contributed by atoms with Crippen molar-refractivity contribution in [3.63, 3.8) is 0 Å². The standard InChI is InChI=1S/C45H55N3O18S5/c1-44(2)39(47(20-8-6-7-13-41(49)50)35-16-14-31-33(42(35)44)25-29(27-37(31)70(59,60)61)68(54,55)46-19-22-65-4)11-9-12-40-45(3,18-10-24-67(51,52)53)43-34-26-30(69(56,57)58)28-38(71(62,63)64)32(34)15-17-36(43)48(40)21-23-66-5/h9,11-12,14-17,25-28,46H,6-8,10,13,18-24H2,1-5H3,(H4-,49,50,51,52,53,56,57,58,59,60,61,62,63,64)/p-3. The van der Waals surface area contributed by atoms with Crippen LogP contribution in [0.5, 0.6) is 0 Å². The van der Waals surface area contributed by atoms with Crippen LogP contribution in [-0.2, 0) is 75.6 Å². The Bertz CT molecular complexity index is 3480. The number of nitrogens with one attached hydrogen (secondary N) is 1. The van der Waals surface area contributed by atoms with Crippen LogP contribution >= 0.6 is 0 Å². The maximum absolute atomic E-state index is 13.6. The van der Waals surface area contributed by atoms with E-state index in [0.717, 1.165) is 12.1 Å². The molecule has 71 heavy (non-hydrogen) atoms. The molecule has 0 bridgehead atoms. The maximum atomic E-state index is 13.6. The zero-order chi connectivity index (χ0) is 52.7. The lowest BCUT2D eigenvalue weighted by Crippen LogP contribution is -2.31. The van der Waals surface area contributed by atoms with Crippen molar-refractivity contribution in [1.82, 2.24) is 4.72 Å². The number of nitrogens with zero attached hydrogens (tertiary/aromatic N) is 2. The van der Waals surface area contributed by atoms with Gasteiger partial charge in [0.25, 0.3) is 0 Å². The molecule has 0 radical (unpaired) electrons. The smallest absolute Gasteiger partial charge is 0.303 e. The highest BCUT2D eigenvalue weighted by Crippen LogP contribution is 2.54. The summed E-state index contributed by atoms with van der Waals surface area (Å²) < 4.78 is 191. The van der Waals surface area contributed by atoms with E-state index in [0.29, 0.717) is 53.7 Å². The summed E-state index contributed by atoms with van der Waals surface area (Å²) in [5, 5.41) is 9.04. The minimum atomic E-state index is -5.41. The van der Waals surface area contributed by atoms with Gasteiger partial charge in [0.15, 0.2) is 5.71 Å². The molecule has 1 unspecified atom stereocenters. The Morgan fingerprint density at radius 1 is 0.732 bits per heavy atom. The van der Waals surface area contributed by atoms with Crippen molar-refractivity contribution in [2.45, 2.75) is 89.7 Å². The van der Waals surface area contributed by atoms with Gasteiger partial charge in [0.1, 0.15) is 36.9 Å². The highest BCUT2D eigenvalue weighted by Gasteiger charge is 2.47. The number of methoxy groups -OCH3 is 2. The Morgan fingerprint density at radius 2 is 1.32 bits per heavy atom. The number of unbranched alkanes of at least 4 members (excludes halogenated alkanes) is 2. The average molecular weight is 1080 g/mol. The van der Waals surface area contributed by atoms with Crippen molar-refractivity contribution in [3.05, 3.63) is 83.6 Å². The molecule has 388 valence electrons. The highest BCUT2D eigenvalue weighted by atomic mass is 32.2. The van der Waals surface area contributed by atoms with E-state index in [2.05, 4.69) is 4.72 Å². The first-order valence-corrected chi connectivity index (χ1v) is 29.2. The van der Waals surface area contributed by atoms with Crippen molar-refractivity contribution in [2.24, 2.45) is 0 Å². The Kier molecular flexibility index (Phi) is 16.2. The van der Waals surface area contributed by atoms with Gasteiger partial charge in [0.05, 0.1) is 48.3 Å². The van der Waals surface area contributed by atoms with E-state index in [1.165, 1.54) is 38.5 Å². The largest absolute Gasteiger partial charge is 0.748 e. The topological polar surface area (TPSA) is 337 Å². The first-order chi connectivity index (χ1) is 32.9. The molecule has 0 aromatic heterocycles. The Balaban J connectivity index is 1.61. The van der Waals surface area contributed by atoms with Crippen LogP contribution in [-0.4, -0.2) is 134 Å². The van der Waals surface area contributed by atoms with E-state index < -0.39 is 92.6 Å². The molecule has 4 aromatic rings. The summed E-state index contributed by atoms with van der Waals surface area (Å²) in [5.74, 6) is -1.81. The molecule has 0 aliphatic carbocycles. The van der Waals surface area contributed by atoms with Crippen LogP contribution in [0, 0.1) is 0 Å². The summed E-state index contributed by atoms with van der Waals surface area (Å²) in [6.45, 7) is 5.49. The third-order valence-corrected chi connectivity index (χ3v) is 17.5. The molecule has 1 atom stereocenters. The molecule has 2 aliphatic heterocycles. The molecular weight excluding hydrogens is 1030 g/mol. The summed E-state index contributed by atoms with van der Waals surface area (Å²) in [6, 6.07) is 9.30. The van der Waals surface area contributed by atoms with Gasteiger partial charge in [-0.05, 0) is 111 Å². The van der Waals surface area contributed by atoms with Crippen LogP contribution < -0.4 is 9.62 Å². The quantitative estimate of drug-likeness (QED) is 0.0605. The molecule has 2 heterocycles. The van der Waals surface area contributed by atoms with Crippen molar-refractivity contribution in [1.29, 1.82) is 0 Å². The van der Waals surface area contributed by atoms with Gasteiger partial charge in [-0.2, -0.15) is 4.58 Å². The minimum absolute atomic E-state index is 0.0163. The van der Waals surface area contributed by atoms with Crippen molar-refractivity contribution in [3.8, 4) is 0 Å². The summed E-state index contributed by atoms with van der Waals surface area (Å²) in [7, 11) is -22.5. The molecule has 21 nitrogen and oxygen atoms in total. The van der Waals surface area contributed by atoms with Crippen LogP contribution in [0.1, 0.15) is 70.4 Å². The molecule has 0 fully saturated rings. The van der Waals surface area contributed by atoms with Crippen molar-refractivity contribution in [2.75, 3.05) is 57.7 Å². The molecule has 26 heteroatoms. The monoisotopic (exact) mass is 1080 g/mol. The number of rotatable bonds is 23. The highest BCUT2D eigenvalue weighted by molar-refractivity contribution is 7.89. The van der Waals surface area contributed by atoms with Crippen LogP contribution in [0.15, 0.2) is 92.0 Å². The number of carboxylic acid groups (broad SMARTS) is 1. The summed E-state index contributed by atoms with van der Waals surface area (Å²) in [6.07, 6.45) is 5.81. The second-order valence-electron chi connectivity index (χ2n) is 17.8. The van der Waals surface area contributed by atoms with E-state index in [4.69, 9.17) is 9.47 Å². The first kappa shape index (κ1) is 55.6. The number of anilines is 1. The Hall–Kier alpha value is -4.71. The number of hydrogen-bond acceptors (Lipinski definition) is 18. The van der Waals surface area contributed by atoms with E-state index in [1.807, 2.05) is 4.58 Å². The number of benzene rings is 4. The number of hydrogen-bond donors (Lipinski definition) is 2. The average Bonchev–Trinajstić information content (AvgIpc) is 3.62. The first-order valence-electron chi connectivity index (χ1n) is 21.9. The minimum Gasteiger partial charge on any atom is -0.748 e. The molecule has 0 saturated carbocycles. The lowest BCUT2D eigenvalue weighted by atomic mass is 9.75. The predicted molar refractivity (Wildman–Crippen MR) is 255 cm³/mol. The molecule has 0 saturated heterocycles. The predicted octanol–water partition coefficient (Wildman–Crippen LogP) is 3.84. The number of ether oxygens (including phenoxy) is 2. The molecule has 6 rings (SSSR count). The molecule has 0 spiro atoms. The van der Waals surface area contributed by atoms with Crippen LogP contribution in [0.2, 0.25) is 0 Å². The molecule has 4 aromatic carbocycles. The molecule has 0 amide bonds. The molecule has 2 aliphatic rings. The zero-order valence-corrected chi connectivity index (χ0v) is 43.2. The summed E-state index contributed by atoms with van der Waals surface area (Å²) in [5.41, 5.74) is -0.0349. The fourth-order valence-electron chi connectivity index (χ4n) is 9.68. The maximum Gasteiger partial charge on any atom is 0.303 e. The number of carbonyl (C=O) groups is 1. The normalized spacial score (nSPS) is 18.1. The van der Waals surface area contributed by atoms with Gasteiger partial charge in [0, 0.05) is 85.8 Å². The zero-order valence-electron chi connectivity index (χ0n) is 39.2. The fraction of sp³-hybridized carbons (Fsp3) is 0.422. The summed E-state index contributed by atoms with van der Waals surface area (Å²) in [4.78, 5) is 9.82. The fourth-order valence-corrected chi connectivity index (χ4v) is 13.4. The van der Waals surface area contributed by atoms with Crippen LogP contribution in [0.25, 0.3) is 21.5 Å². The Morgan fingerprint density at radius 3 is 1.90 bits per heavy atom. The van der Waals surface area contributed by atoms with Gasteiger partial charge in [-0.25, -0.2) is 46.8 Å². The van der Waals surface area contributed by atoms with Crippen LogP contribution in [0.3, 0.4) is 0 Å². The number of aliphatic carboxylic acids is 1. The van der Waals surface area contributed by atoms with E-state index in [1.54, 1.807) is 50.0 Å². The lowest BCUT2D eigenvalue weighted by molar-refractivity contribution is -0.438. The second kappa shape index (κ2) is 20.7. The van der Waals surface area contributed by atoms with Gasteiger partial charge < -0.3 is 37.7 Å². The van der Waals surface area contributed by atoms with Crippen molar-refractivity contribution < 1.29 is 84.3 Å². The van der Waals surface area contributed by atoms with E-state index >= 15 is 0 Å². The van der Waals surface area contributed by atoms with E-state index in [-0.39, 0.29) is 79.2 Å². The van der Waals surface area contributed by atoms with Gasteiger partial charge in [-0.3, -0.25) is 4.79 Å². The van der Waals surface area contributed by atoms with Gasteiger partial charge >= 0.3 is 5.97 Å². The third kappa shape index (κ3) is 11.7. The van der Waals surface area contributed by atoms with E-state index in [9.17, 15) is 70.2 Å². The number of allylic oxidation sites excluding steroid dienone is 4. The second-order valence-corrected chi connectivity index (χ2v) is 25.2. The van der Waals surface area contributed by atoms with Gasteiger partial charge in [-0.1, -0.05) is 12.1 Å². The number of fused-ring (bicyclic) bond motifs is 6. The number of sulfonamides is 1. The third-order valence-electron chi connectivity index (χ3n) is 12.8. The summed E-state index contributed by atoms with van der Waals surface area (Å²) >= 11 is 0. The van der Waals surface area contributed by atoms with Crippen LogP contribution in [0.4, 0.5) is 11.4 Å². The number of carboxylic acids is 1.